The monoisotopic (exact) mass is 355 g/mol. The average molecular weight is 356 g/mol. The predicted octanol–water partition coefficient (Wildman–Crippen LogP) is 5.39. The third-order valence-corrected chi connectivity index (χ3v) is 4.71. The van der Waals surface area contributed by atoms with E-state index in [1.807, 2.05) is 27.7 Å². The molecule has 0 aliphatic heterocycles. The van der Waals surface area contributed by atoms with Gasteiger partial charge in [-0.3, -0.25) is 9.59 Å². The molecule has 0 aliphatic carbocycles. The van der Waals surface area contributed by atoms with Gasteiger partial charge in [0.05, 0.1) is 6.10 Å². The van der Waals surface area contributed by atoms with E-state index < -0.39 is 0 Å². The topological polar surface area (TPSA) is 55.4 Å². The van der Waals surface area contributed by atoms with E-state index in [2.05, 4.69) is 12.2 Å². The summed E-state index contributed by atoms with van der Waals surface area (Å²) >= 11 is 0. The molecule has 0 bridgehead atoms. The van der Waals surface area contributed by atoms with E-state index in [0.29, 0.717) is 6.42 Å². The molecule has 0 unspecified atom stereocenters. The summed E-state index contributed by atoms with van der Waals surface area (Å²) in [6.45, 7) is 10.6. The van der Waals surface area contributed by atoms with Gasteiger partial charge in [-0.05, 0) is 33.1 Å². The zero-order chi connectivity index (χ0) is 19.1. The molecular weight excluding hydrogens is 314 g/mol. The van der Waals surface area contributed by atoms with E-state index in [1.165, 1.54) is 38.5 Å². The van der Waals surface area contributed by atoms with Crippen molar-refractivity contribution in [1.82, 2.24) is 5.32 Å². The van der Waals surface area contributed by atoms with Crippen LogP contribution >= 0.6 is 0 Å². The molecule has 0 radical (unpaired) electrons. The Bertz CT molecular complexity index is 364. The van der Waals surface area contributed by atoms with Crippen LogP contribution in [0.2, 0.25) is 0 Å². The van der Waals surface area contributed by atoms with Gasteiger partial charge in [0.2, 0.25) is 5.91 Å². The first-order valence-electron chi connectivity index (χ1n) is 10.3. The Balaban J connectivity index is 3.32. The van der Waals surface area contributed by atoms with Crippen molar-refractivity contribution in [2.45, 2.75) is 111 Å². The van der Waals surface area contributed by atoms with E-state index in [4.69, 9.17) is 4.74 Å². The first-order chi connectivity index (χ1) is 11.8. The van der Waals surface area contributed by atoms with Crippen LogP contribution in [0.25, 0.3) is 0 Å². The highest BCUT2D eigenvalue weighted by atomic mass is 16.5. The van der Waals surface area contributed by atoms with Gasteiger partial charge in [0.1, 0.15) is 0 Å². The van der Waals surface area contributed by atoms with Crippen LogP contribution < -0.4 is 5.32 Å². The van der Waals surface area contributed by atoms with Crippen LogP contribution in [-0.2, 0) is 14.3 Å². The smallest absolute Gasteiger partial charge is 0.306 e. The second kappa shape index (κ2) is 14.1. The van der Waals surface area contributed by atoms with Crippen LogP contribution in [0.1, 0.15) is 105 Å². The molecule has 0 fully saturated rings. The molecule has 0 atom stereocenters. The van der Waals surface area contributed by atoms with Crippen molar-refractivity contribution in [3.05, 3.63) is 0 Å². The number of hydrogen-bond acceptors (Lipinski definition) is 3. The predicted molar refractivity (Wildman–Crippen MR) is 104 cm³/mol. The lowest BCUT2D eigenvalue weighted by Gasteiger charge is -2.21. The molecule has 0 spiro atoms. The number of rotatable bonds is 15. The maximum Gasteiger partial charge on any atom is 0.306 e. The number of carbonyl (C=O) groups excluding carboxylic acids is 2. The highest BCUT2D eigenvalue weighted by molar-refractivity contribution is 5.81. The largest absolute Gasteiger partial charge is 0.463 e. The van der Waals surface area contributed by atoms with Crippen LogP contribution in [-0.4, -0.2) is 24.5 Å². The molecule has 25 heavy (non-hydrogen) atoms. The molecule has 4 heteroatoms. The van der Waals surface area contributed by atoms with Gasteiger partial charge in [0.15, 0.2) is 0 Å². The van der Waals surface area contributed by atoms with Gasteiger partial charge in [0.25, 0.3) is 0 Å². The van der Waals surface area contributed by atoms with Gasteiger partial charge >= 0.3 is 5.97 Å². The van der Waals surface area contributed by atoms with Crippen molar-refractivity contribution in [1.29, 1.82) is 0 Å². The molecular formula is C21H41NO3. The Hall–Kier alpha value is -1.06. The van der Waals surface area contributed by atoms with Crippen LogP contribution in [0.15, 0.2) is 0 Å². The average Bonchev–Trinajstić information content (AvgIpc) is 2.54. The van der Waals surface area contributed by atoms with Crippen molar-refractivity contribution < 1.29 is 14.3 Å². The van der Waals surface area contributed by atoms with Gasteiger partial charge in [-0.25, -0.2) is 0 Å². The standard InChI is InChI=1S/C21H41NO3/c1-6-21(4,5)20(24)22-17-15-13-11-9-7-8-10-12-14-16-19(23)25-18(2)3/h18H,6-17H2,1-5H3,(H,22,24). The Morgan fingerprint density at radius 1 is 0.880 bits per heavy atom. The van der Waals surface area contributed by atoms with Crippen molar-refractivity contribution in [2.24, 2.45) is 5.41 Å². The molecule has 0 saturated carbocycles. The Morgan fingerprint density at radius 3 is 1.84 bits per heavy atom. The van der Waals surface area contributed by atoms with Crippen molar-refractivity contribution in [3.8, 4) is 0 Å². The van der Waals surface area contributed by atoms with Gasteiger partial charge < -0.3 is 10.1 Å². The fourth-order valence-electron chi connectivity index (χ4n) is 2.56. The highest BCUT2D eigenvalue weighted by Crippen LogP contribution is 2.19. The summed E-state index contributed by atoms with van der Waals surface area (Å²) in [6.07, 6.45) is 12.0. The highest BCUT2D eigenvalue weighted by Gasteiger charge is 2.24. The molecule has 0 aliphatic rings. The summed E-state index contributed by atoms with van der Waals surface area (Å²) in [4.78, 5) is 23.3. The van der Waals surface area contributed by atoms with Crippen LogP contribution in [0.3, 0.4) is 0 Å². The van der Waals surface area contributed by atoms with Crippen LogP contribution in [0, 0.1) is 5.41 Å². The van der Waals surface area contributed by atoms with Crippen molar-refractivity contribution >= 4 is 11.9 Å². The van der Waals surface area contributed by atoms with Gasteiger partial charge in [-0.1, -0.05) is 65.7 Å². The summed E-state index contributed by atoms with van der Waals surface area (Å²) in [5.41, 5.74) is -0.245. The Morgan fingerprint density at radius 2 is 1.36 bits per heavy atom. The van der Waals surface area contributed by atoms with Crippen LogP contribution in [0.4, 0.5) is 0 Å². The number of ether oxygens (including phenoxy) is 1. The quantitative estimate of drug-likeness (QED) is 0.316. The molecule has 0 rings (SSSR count). The normalized spacial score (nSPS) is 11.6. The van der Waals surface area contributed by atoms with E-state index >= 15 is 0 Å². The first kappa shape index (κ1) is 23.9. The summed E-state index contributed by atoms with van der Waals surface area (Å²) in [6, 6.07) is 0. The maximum atomic E-state index is 11.9. The molecule has 0 aromatic carbocycles. The number of carbonyl (C=O) groups is 2. The van der Waals surface area contributed by atoms with Crippen molar-refractivity contribution in [3.63, 3.8) is 0 Å². The minimum absolute atomic E-state index is 0.000968. The Labute approximate surface area is 155 Å². The number of esters is 1. The zero-order valence-corrected chi connectivity index (χ0v) is 17.3. The van der Waals surface area contributed by atoms with E-state index in [1.54, 1.807) is 0 Å². The molecule has 0 aromatic rings. The summed E-state index contributed by atoms with van der Waals surface area (Å²) in [5, 5.41) is 3.04. The van der Waals surface area contributed by atoms with E-state index in [0.717, 1.165) is 32.2 Å². The molecule has 0 saturated heterocycles. The summed E-state index contributed by atoms with van der Waals surface area (Å²) < 4.78 is 5.12. The number of hydrogen-bond donors (Lipinski definition) is 1. The third kappa shape index (κ3) is 13.9. The second-order valence-electron chi connectivity index (χ2n) is 7.96. The van der Waals surface area contributed by atoms with E-state index in [9.17, 15) is 9.59 Å². The SMILES string of the molecule is CCC(C)(C)C(=O)NCCCCCCCCCCCC(=O)OC(C)C. The van der Waals surface area contributed by atoms with Crippen LogP contribution in [0.5, 0.6) is 0 Å². The van der Waals surface area contributed by atoms with Gasteiger partial charge in [-0.15, -0.1) is 0 Å². The zero-order valence-electron chi connectivity index (χ0n) is 17.3. The molecule has 4 nitrogen and oxygen atoms in total. The lowest BCUT2D eigenvalue weighted by atomic mass is 9.89. The molecule has 0 aromatic heterocycles. The molecule has 148 valence electrons. The van der Waals surface area contributed by atoms with E-state index in [-0.39, 0.29) is 23.4 Å². The number of unbranched alkanes of at least 4 members (excludes halogenated alkanes) is 8. The Kier molecular flexibility index (Phi) is 13.5. The minimum Gasteiger partial charge on any atom is -0.463 e. The number of amides is 1. The fourth-order valence-corrected chi connectivity index (χ4v) is 2.56. The molecule has 0 heterocycles. The van der Waals surface area contributed by atoms with Gasteiger partial charge in [-0.2, -0.15) is 0 Å². The lowest BCUT2D eigenvalue weighted by molar-refractivity contribution is -0.147. The minimum atomic E-state index is -0.245. The fraction of sp³-hybridized carbons (Fsp3) is 0.905. The summed E-state index contributed by atoms with van der Waals surface area (Å²) in [5.74, 6) is 0.108. The maximum absolute atomic E-state index is 11.9. The summed E-state index contributed by atoms with van der Waals surface area (Å²) in [7, 11) is 0. The molecule has 1 N–H and O–H groups in total. The first-order valence-corrected chi connectivity index (χ1v) is 10.3. The second-order valence-corrected chi connectivity index (χ2v) is 7.96. The van der Waals surface area contributed by atoms with Gasteiger partial charge in [0, 0.05) is 18.4 Å². The van der Waals surface area contributed by atoms with Crippen molar-refractivity contribution in [2.75, 3.05) is 6.54 Å². The number of nitrogens with one attached hydrogen (secondary N) is 1. The molecule has 1 amide bonds. The third-order valence-electron chi connectivity index (χ3n) is 4.71. The lowest BCUT2D eigenvalue weighted by Crippen LogP contribution is -2.36.